The summed E-state index contributed by atoms with van der Waals surface area (Å²) in [5.74, 6) is 1.82. The molecule has 112 valence electrons. The summed E-state index contributed by atoms with van der Waals surface area (Å²) in [6.45, 7) is 1.94. The van der Waals surface area contributed by atoms with Gasteiger partial charge in [-0.25, -0.2) is 0 Å². The fourth-order valence-corrected chi connectivity index (χ4v) is 2.27. The van der Waals surface area contributed by atoms with E-state index < -0.39 is 0 Å². The highest BCUT2D eigenvalue weighted by atomic mass is 16.5. The summed E-state index contributed by atoms with van der Waals surface area (Å²) in [6, 6.07) is 16.5. The minimum Gasteiger partial charge on any atom is -0.497 e. The first kappa shape index (κ1) is 15.4. The molecule has 0 aromatic heterocycles. The normalized spacial score (nSPS) is 10.7. The standard InChI is InChI=1S/C18H23NO2/c1-19(14-16-5-4-6-18(13-16)21-3)12-11-15-7-9-17(20-2)10-8-15/h4-10,13H,11-12,14H2,1-3H3. The lowest BCUT2D eigenvalue weighted by atomic mass is 10.1. The van der Waals surface area contributed by atoms with Gasteiger partial charge >= 0.3 is 0 Å². The summed E-state index contributed by atoms with van der Waals surface area (Å²) in [4.78, 5) is 2.32. The van der Waals surface area contributed by atoms with Gasteiger partial charge < -0.3 is 14.4 Å². The van der Waals surface area contributed by atoms with E-state index in [2.05, 4.69) is 36.2 Å². The summed E-state index contributed by atoms with van der Waals surface area (Å²) >= 11 is 0. The van der Waals surface area contributed by atoms with Gasteiger partial charge in [-0.2, -0.15) is 0 Å². The predicted molar refractivity (Wildman–Crippen MR) is 86.0 cm³/mol. The molecule has 2 aromatic rings. The summed E-state index contributed by atoms with van der Waals surface area (Å²) in [7, 11) is 5.53. The number of hydrogen-bond donors (Lipinski definition) is 0. The summed E-state index contributed by atoms with van der Waals surface area (Å²) < 4.78 is 10.4. The Morgan fingerprint density at radius 2 is 1.57 bits per heavy atom. The lowest BCUT2D eigenvalue weighted by Gasteiger charge is -2.17. The van der Waals surface area contributed by atoms with Crippen molar-refractivity contribution in [3.8, 4) is 11.5 Å². The number of nitrogens with zero attached hydrogens (tertiary/aromatic N) is 1. The molecule has 0 spiro atoms. The zero-order chi connectivity index (χ0) is 15.1. The molecule has 0 N–H and O–H groups in total. The van der Waals surface area contributed by atoms with Gasteiger partial charge in [-0.05, 0) is 48.9 Å². The molecule has 0 bridgehead atoms. The first-order valence-corrected chi connectivity index (χ1v) is 7.15. The SMILES string of the molecule is COc1ccc(CCN(C)Cc2cccc(OC)c2)cc1. The Hall–Kier alpha value is -2.00. The van der Waals surface area contributed by atoms with Crippen molar-refractivity contribution in [2.45, 2.75) is 13.0 Å². The minimum absolute atomic E-state index is 0.906. The van der Waals surface area contributed by atoms with Crippen LogP contribution in [-0.4, -0.2) is 32.7 Å². The quantitative estimate of drug-likeness (QED) is 0.778. The zero-order valence-corrected chi connectivity index (χ0v) is 13.0. The van der Waals surface area contributed by atoms with E-state index in [0.717, 1.165) is 31.0 Å². The Morgan fingerprint density at radius 1 is 0.857 bits per heavy atom. The molecular weight excluding hydrogens is 262 g/mol. The molecule has 0 saturated heterocycles. The molecule has 0 saturated carbocycles. The maximum atomic E-state index is 5.26. The van der Waals surface area contributed by atoms with Crippen LogP contribution in [0.3, 0.4) is 0 Å². The Morgan fingerprint density at radius 3 is 2.24 bits per heavy atom. The molecule has 0 aliphatic rings. The van der Waals surface area contributed by atoms with Crippen molar-refractivity contribution in [3.63, 3.8) is 0 Å². The van der Waals surface area contributed by atoms with E-state index in [1.807, 2.05) is 24.3 Å². The Kier molecular flexibility index (Phi) is 5.64. The van der Waals surface area contributed by atoms with Crippen molar-refractivity contribution in [2.75, 3.05) is 27.8 Å². The van der Waals surface area contributed by atoms with E-state index in [1.54, 1.807) is 14.2 Å². The number of rotatable bonds is 7. The number of ether oxygens (including phenoxy) is 2. The van der Waals surface area contributed by atoms with Crippen molar-refractivity contribution in [1.29, 1.82) is 0 Å². The molecule has 2 aromatic carbocycles. The molecule has 0 fully saturated rings. The minimum atomic E-state index is 0.906. The molecule has 3 nitrogen and oxygen atoms in total. The fraction of sp³-hybridized carbons (Fsp3) is 0.333. The monoisotopic (exact) mass is 285 g/mol. The molecule has 0 atom stereocenters. The van der Waals surface area contributed by atoms with Gasteiger partial charge in [0.05, 0.1) is 14.2 Å². The highest BCUT2D eigenvalue weighted by molar-refractivity contribution is 5.29. The van der Waals surface area contributed by atoms with E-state index in [4.69, 9.17) is 9.47 Å². The zero-order valence-electron chi connectivity index (χ0n) is 13.0. The number of likely N-dealkylation sites (N-methyl/N-ethyl adjacent to an activating group) is 1. The molecule has 2 rings (SSSR count). The molecule has 0 aliphatic carbocycles. The molecule has 21 heavy (non-hydrogen) atoms. The van der Waals surface area contributed by atoms with Crippen LogP contribution in [0.2, 0.25) is 0 Å². The van der Waals surface area contributed by atoms with E-state index in [0.29, 0.717) is 0 Å². The van der Waals surface area contributed by atoms with Crippen LogP contribution < -0.4 is 9.47 Å². The van der Waals surface area contributed by atoms with E-state index in [-0.39, 0.29) is 0 Å². The second-order valence-electron chi connectivity index (χ2n) is 5.19. The van der Waals surface area contributed by atoms with Gasteiger partial charge in [0.1, 0.15) is 11.5 Å². The van der Waals surface area contributed by atoms with Gasteiger partial charge in [-0.15, -0.1) is 0 Å². The number of methoxy groups -OCH3 is 2. The molecule has 0 amide bonds. The van der Waals surface area contributed by atoms with Crippen molar-refractivity contribution in [3.05, 3.63) is 59.7 Å². The second kappa shape index (κ2) is 7.70. The Bertz CT molecular complexity index is 551. The van der Waals surface area contributed by atoms with Gasteiger partial charge in [-0.1, -0.05) is 24.3 Å². The molecule has 0 unspecified atom stereocenters. The van der Waals surface area contributed by atoms with Crippen molar-refractivity contribution in [2.24, 2.45) is 0 Å². The average Bonchev–Trinajstić information content (AvgIpc) is 2.53. The molecule has 0 aliphatic heterocycles. The van der Waals surface area contributed by atoms with Crippen LogP contribution >= 0.6 is 0 Å². The predicted octanol–water partition coefficient (Wildman–Crippen LogP) is 3.38. The van der Waals surface area contributed by atoms with Crippen LogP contribution in [0.15, 0.2) is 48.5 Å². The fourth-order valence-electron chi connectivity index (χ4n) is 2.27. The van der Waals surface area contributed by atoms with Gasteiger partial charge in [-0.3, -0.25) is 0 Å². The van der Waals surface area contributed by atoms with Crippen LogP contribution in [-0.2, 0) is 13.0 Å². The third-order valence-electron chi connectivity index (χ3n) is 3.53. The van der Waals surface area contributed by atoms with Gasteiger partial charge in [0.15, 0.2) is 0 Å². The number of benzene rings is 2. The maximum Gasteiger partial charge on any atom is 0.119 e. The third kappa shape index (κ3) is 4.80. The van der Waals surface area contributed by atoms with E-state index in [1.165, 1.54) is 11.1 Å². The van der Waals surface area contributed by atoms with Crippen LogP contribution in [0.4, 0.5) is 0 Å². The smallest absolute Gasteiger partial charge is 0.119 e. The van der Waals surface area contributed by atoms with Gasteiger partial charge in [0, 0.05) is 13.1 Å². The van der Waals surface area contributed by atoms with Crippen LogP contribution in [0, 0.1) is 0 Å². The Labute approximate surface area is 127 Å². The van der Waals surface area contributed by atoms with Gasteiger partial charge in [0.2, 0.25) is 0 Å². The lowest BCUT2D eigenvalue weighted by molar-refractivity contribution is 0.330. The van der Waals surface area contributed by atoms with Crippen LogP contribution in [0.25, 0.3) is 0 Å². The molecule has 0 radical (unpaired) electrons. The summed E-state index contributed by atoms with van der Waals surface area (Å²) in [5, 5.41) is 0. The first-order chi connectivity index (χ1) is 10.2. The highest BCUT2D eigenvalue weighted by Gasteiger charge is 2.03. The largest absolute Gasteiger partial charge is 0.497 e. The van der Waals surface area contributed by atoms with Crippen LogP contribution in [0.5, 0.6) is 11.5 Å². The summed E-state index contributed by atoms with van der Waals surface area (Å²) in [6.07, 6.45) is 1.03. The molecule has 3 heteroatoms. The highest BCUT2D eigenvalue weighted by Crippen LogP contribution is 2.15. The van der Waals surface area contributed by atoms with E-state index in [9.17, 15) is 0 Å². The van der Waals surface area contributed by atoms with Crippen LogP contribution in [0.1, 0.15) is 11.1 Å². The number of hydrogen-bond acceptors (Lipinski definition) is 3. The van der Waals surface area contributed by atoms with Crippen molar-refractivity contribution >= 4 is 0 Å². The van der Waals surface area contributed by atoms with Crippen molar-refractivity contribution in [1.82, 2.24) is 4.90 Å². The lowest BCUT2D eigenvalue weighted by Crippen LogP contribution is -2.20. The summed E-state index contributed by atoms with van der Waals surface area (Å²) in [5.41, 5.74) is 2.60. The first-order valence-electron chi connectivity index (χ1n) is 7.15. The maximum absolute atomic E-state index is 5.26. The average molecular weight is 285 g/mol. The Balaban J connectivity index is 1.84. The molecule has 0 heterocycles. The second-order valence-corrected chi connectivity index (χ2v) is 5.19. The van der Waals surface area contributed by atoms with E-state index >= 15 is 0 Å². The topological polar surface area (TPSA) is 21.7 Å². The van der Waals surface area contributed by atoms with Crippen molar-refractivity contribution < 1.29 is 9.47 Å². The van der Waals surface area contributed by atoms with Gasteiger partial charge in [0.25, 0.3) is 0 Å². The third-order valence-corrected chi connectivity index (χ3v) is 3.53. The molecular formula is C18H23NO2.